The third-order valence-electron chi connectivity index (χ3n) is 3.89. The maximum Gasteiger partial charge on any atom is 0.238 e. The summed E-state index contributed by atoms with van der Waals surface area (Å²) in [4.78, 5) is 15.3. The summed E-state index contributed by atoms with van der Waals surface area (Å²) in [5.74, 6) is -4.69. The third-order valence-corrected chi connectivity index (χ3v) is 4.86. The fraction of sp³-hybridized carbons (Fsp3) is 0.312. The van der Waals surface area contributed by atoms with E-state index in [1.54, 1.807) is 11.3 Å². The molecule has 1 atom stereocenters. The molecule has 1 fully saturated rings. The molecule has 0 unspecified atom stereocenters. The Morgan fingerprint density at radius 3 is 2.83 bits per heavy atom. The molecule has 0 spiro atoms. The molecule has 0 bridgehead atoms. The molecule has 1 aliphatic heterocycles. The van der Waals surface area contributed by atoms with Crippen LogP contribution in [0.5, 0.6) is 0 Å². The highest BCUT2D eigenvalue weighted by Crippen LogP contribution is 2.34. The van der Waals surface area contributed by atoms with Gasteiger partial charge in [0.25, 0.3) is 0 Å². The van der Waals surface area contributed by atoms with Crippen LogP contribution < -0.4 is 5.32 Å². The van der Waals surface area contributed by atoms with E-state index < -0.39 is 23.4 Å². The van der Waals surface area contributed by atoms with Gasteiger partial charge in [-0.1, -0.05) is 6.07 Å². The number of rotatable bonds is 4. The van der Waals surface area contributed by atoms with Crippen LogP contribution >= 0.6 is 11.3 Å². The number of benzene rings is 1. The minimum absolute atomic E-state index is 0.0843. The smallest absolute Gasteiger partial charge is 0.238 e. The average Bonchev–Trinajstić information content (AvgIpc) is 3.18. The predicted molar refractivity (Wildman–Crippen MR) is 82.8 cm³/mol. The topological polar surface area (TPSA) is 32.3 Å². The molecule has 1 N–H and O–H groups in total. The summed E-state index contributed by atoms with van der Waals surface area (Å²) in [5.41, 5.74) is -0.347. The Bertz CT molecular complexity index is 706. The van der Waals surface area contributed by atoms with Crippen LogP contribution in [0.25, 0.3) is 0 Å². The summed E-state index contributed by atoms with van der Waals surface area (Å²) in [5, 5.41) is 4.30. The van der Waals surface area contributed by atoms with Crippen molar-refractivity contribution in [2.75, 3.05) is 18.4 Å². The highest BCUT2D eigenvalue weighted by molar-refractivity contribution is 7.10. The normalized spacial score (nSPS) is 18.3. The number of carbonyl (C=O) groups excluding carboxylic acids is 1. The molecule has 0 radical (unpaired) electrons. The van der Waals surface area contributed by atoms with Crippen molar-refractivity contribution in [3.05, 3.63) is 52.0 Å². The van der Waals surface area contributed by atoms with Crippen molar-refractivity contribution < 1.29 is 18.0 Å². The minimum Gasteiger partial charge on any atom is -0.322 e. The van der Waals surface area contributed by atoms with Gasteiger partial charge in [-0.05, 0) is 43.0 Å². The molecular formula is C16H15F3N2OS. The van der Waals surface area contributed by atoms with E-state index in [0.717, 1.165) is 31.5 Å². The number of hydrogen-bond acceptors (Lipinski definition) is 3. The largest absolute Gasteiger partial charge is 0.322 e. The zero-order valence-electron chi connectivity index (χ0n) is 12.2. The highest BCUT2D eigenvalue weighted by atomic mass is 32.1. The Hall–Kier alpha value is -1.86. The van der Waals surface area contributed by atoms with E-state index in [1.807, 2.05) is 22.4 Å². The average molecular weight is 340 g/mol. The maximum absolute atomic E-state index is 13.6. The summed E-state index contributed by atoms with van der Waals surface area (Å²) in [6.07, 6.45) is 1.95. The Morgan fingerprint density at radius 2 is 2.09 bits per heavy atom. The van der Waals surface area contributed by atoms with Crippen molar-refractivity contribution in [3.63, 3.8) is 0 Å². The van der Waals surface area contributed by atoms with Crippen LogP contribution in [0.2, 0.25) is 0 Å². The molecule has 1 amide bonds. The molecule has 23 heavy (non-hydrogen) atoms. The van der Waals surface area contributed by atoms with Gasteiger partial charge >= 0.3 is 0 Å². The number of nitrogens with one attached hydrogen (secondary N) is 1. The number of thiophene rings is 1. The monoisotopic (exact) mass is 340 g/mol. The first kappa shape index (κ1) is 16.0. The number of carbonyl (C=O) groups is 1. The molecular weight excluding hydrogens is 325 g/mol. The molecule has 3 rings (SSSR count). The second-order valence-corrected chi connectivity index (χ2v) is 6.39. The summed E-state index contributed by atoms with van der Waals surface area (Å²) in [7, 11) is 0. The number of likely N-dealkylation sites (tertiary alicyclic amines) is 1. The fourth-order valence-electron chi connectivity index (χ4n) is 2.82. The van der Waals surface area contributed by atoms with Crippen LogP contribution in [0.4, 0.5) is 18.9 Å². The van der Waals surface area contributed by atoms with E-state index in [9.17, 15) is 18.0 Å². The van der Waals surface area contributed by atoms with E-state index in [0.29, 0.717) is 0 Å². The zero-order valence-corrected chi connectivity index (χ0v) is 13.0. The van der Waals surface area contributed by atoms with Gasteiger partial charge in [-0.2, -0.15) is 0 Å². The molecule has 0 saturated carbocycles. The molecule has 3 nitrogen and oxygen atoms in total. The second-order valence-electron chi connectivity index (χ2n) is 5.42. The fourth-order valence-corrected chi connectivity index (χ4v) is 3.71. The van der Waals surface area contributed by atoms with Crippen LogP contribution in [-0.2, 0) is 4.79 Å². The lowest BCUT2D eigenvalue weighted by molar-refractivity contribution is -0.117. The van der Waals surface area contributed by atoms with Gasteiger partial charge in [0.1, 0.15) is 0 Å². The molecule has 7 heteroatoms. The second kappa shape index (κ2) is 6.72. The molecule has 1 aromatic heterocycles. The van der Waals surface area contributed by atoms with Gasteiger partial charge in [0.2, 0.25) is 5.91 Å². The van der Waals surface area contributed by atoms with Gasteiger partial charge in [0, 0.05) is 10.9 Å². The lowest BCUT2D eigenvalue weighted by Gasteiger charge is -2.23. The first-order chi connectivity index (χ1) is 11.1. The number of anilines is 1. The van der Waals surface area contributed by atoms with Crippen molar-refractivity contribution >= 4 is 22.9 Å². The Morgan fingerprint density at radius 1 is 1.26 bits per heavy atom. The number of halogens is 3. The van der Waals surface area contributed by atoms with E-state index in [-0.39, 0.29) is 18.3 Å². The molecule has 2 heterocycles. The first-order valence-electron chi connectivity index (χ1n) is 7.27. The molecule has 1 saturated heterocycles. The van der Waals surface area contributed by atoms with Crippen molar-refractivity contribution in [1.82, 2.24) is 4.90 Å². The van der Waals surface area contributed by atoms with Crippen LogP contribution in [-0.4, -0.2) is 23.9 Å². The van der Waals surface area contributed by atoms with Crippen molar-refractivity contribution in [1.29, 1.82) is 0 Å². The molecule has 1 aromatic carbocycles. The van der Waals surface area contributed by atoms with Gasteiger partial charge in [-0.3, -0.25) is 9.69 Å². The maximum atomic E-state index is 13.6. The van der Waals surface area contributed by atoms with Gasteiger partial charge in [-0.15, -0.1) is 11.3 Å². The number of amides is 1. The summed E-state index contributed by atoms with van der Waals surface area (Å²) < 4.78 is 39.7. The van der Waals surface area contributed by atoms with Gasteiger partial charge in [-0.25, -0.2) is 13.2 Å². The first-order valence-corrected chi connectivity index (χ1v) is 8.15. The Labute approximate surface area is 135 Å². The zero-order chi connectivity index (χ0) is 16.4. The quantitative estimate of drug-likeness (QED) is 0.855. The van der Waals surface area contributed by atoms with E-state index in [4.69, 9.17) is 0 Å². The van der Waals surface area contributed by atoms with Gasteiger partial charge in [0.05, 0.1) is 12.2 Å². The van der Waals surface area contributed by atoms with E-state index in [1.165, 1.54) is 4.88 Å². The predicted octanol–water partition coefficient (Wildman–Crippen LogP) is 3.94. The minimum atomic E-state index is -1.58. The van der Waals surface area contributed by atoms with Crippen molar-refractivity contribution in [3.8, 4) is 0 Å². The summed E-state index contributed by atoms with van der Waals surface area (Å²) in [6, 6.07) is 5.98. The van der Waals surface area contributed by atoms with E-state index in [2.05, 4.69) is 5.32 Å². The molecule has 1 aliphatic rings. The van der Waals surface area contributed by atoms with Crippen LogP contribution in [0.1, 0.15) is 23.8 Å². The van der Waals surface area contributed by atoms with Gasteiger partial charge < -0.3 is 5.32 Å². The van der Waals surface area contributed by atoms with Crippen LogP contribution in [0.15, 0.2) is 29.6 Å². The summed E-state index contributed by atoms with van der Waals surface area (Å²) in [6.45, 7) is 0.858. The molecule has 122 valence electrons. The van der Waals surface area contributed by atoms with Gasteiger partial charge in [0.15, 0.2) is 17.5 Å². The van der Waals surface area contributed by atoms with Crippen molar-refractivity contribution in [2.45, 2.75) is 18.9 Å². The summed E-state index contributed by atoms with van der Waals surface area (Å²) >= 11 is 1.64. The highest BCUT2D eigenvalue weighted by Gasteiger charge is 2.28. The molecule has 0 aliphatic carbocycles. The van der Waals surface area contributed by atoms with Crippen LogP contribution in [0.3, 0.4) is 0 Å². The number of hydrogen-bond donors (Lipinski definition) is 1. The number of nitrogens with zero attached hydrogens (tertiary/aromatic N) is 1. The molecule has 2 aromatic rings. The van der Waals surface area contributed by atoms with Crippen molar-refractivity contribution in [2.24, 2.45) is 0 Å². The SMILES string of the molecule is O=C(CN1CCC[C@H]1c1cccs1)Nc1ccc(F)c(F)c1F. The Kier molecular flexibility index (Phi) is 4.68. The Balaban J connectivity index is 1.67. The lowest BCUT2D eigenvalue weighted by Crippen LogP contribution is -2.32. The van der Waals surface area contributed by atoms with E-state index >= 15 is 0 Å². The standard InChI is InChI=1S/C16H15F3N2OS/c17-10-5-6-11(16(19)15(10)18)20-14(22)9-21-7-1-3-12(21)13-4-2-8-23-13/h2,4-6,8,12H,1,3,7,9H2,(H,20,22)/t12-/m0/s1. The van der Waals surface area contributed by atoms with Crippen LogP contribution in [0, 0.1) is 17.5 Å². The lowest BCUT2D eigenvalue weighted by atomic mass is 10.2. The third kappa shape index (κ3) is 3.40.